The summed E-state index contributed by atoms with van der Waals surface area (Å²) in [6, 6.07) is 8.64. The van der Waals surface area contributed by atoms with Gasteiger partial charge in [-0.3, -0.25) is 0 Å². The molecule has 0 aliphatic heterocycles. The quantitative estimate of drug-likeness (QED) is 0.571. The van der Waals surface area contributed by atoms with Crippen molar-refractivity contribution in [1.29, 1.82) is 0 Å². The number of ether oxygens (including phenoxy) is 1. The van der Waals surface area contributed by atoms with Crippen LogP contribution in [0.3, 0.4) is 0 Å². The van der Waals surface area contributed by atoms with Crippen molar-refractivity contribution in [3.63, 3.8) is 0 Å². The van der Waals surface area contributed by atoms with E-state index in [0.717, 1.165) is 5.69 Å². The molecule has 2 heterocycles. The molecule has 0 saturated carbocycles. The molecule has 0 saturated heterocycles. The summed E-state index contributed by atoms with van der Waals surface area (Å²) in [6.45, 7) is 0. The number of hydrogen-bond donors (Lipinski definition) is 3. The van der Waals surface area contributed by atoms with Crippen LogP contribution in [0.2, 0.25) is 0 Å². The Morgan fingerprint density at radius 3 is 2.68 bits per heavy atom. The summed E-state index contributed by atoms with van der Waals surface area (Å²) in [5, 5.41) is 3.20. The second-order valence-corrected chi connectivity index (χ2v) is 5.85. The van der Waals surface area contributed by atoms with Crippen LogP contribution >= 0.6 is 15.9 Å². The average molecular weight is 405 g/mol. The van der Waals surface area contributed by atoms with Crippen molar-refractivity contribution in [2.45, 2.75) is 0 Å². The molecule has 0 unspecified atom stereocenters. The molecular weight excluding hydrogens is 391 g/mol. The normalized spacial score (nSPS) is 10.5. The van der Waals surface area contributed by atoms with E-state index in [9.17, 15) is 4.39 Å². The number of nitrogens with two attached hydrogens (primary N) is 2. The highest BCUT2D eigenvalue weighted by Crippen LogP contribution is 2.34. The lowest BCUT2D eigenvalue weighted by Gasteiger charge is -2.13. The number of nitrogen functional groups attached to an aromatic ring is 2. The SMILES string of the molecule is COc1ccc(-c2nc(N)nc(N)c2F)cc1Nc1ccnc(Br)c1. The highest BCUT2D eigenvalue weighted by Gasteiger charge is 2.15. The van der Waals surface area contributed by atoms with Gasteiger partial charge in [-0.15, -0.1) is 0 Å². The van der Waals surface area contributed by atoms with Gasteiger partial charge in [0.05, 0.1) is 12.8 Å². The molecule has 0 aliphatic rings. The summed E-state index contributed by atoms with van der Waals surface area (Å²) in [7, 11) is 1.55. The van der Waals surface area contributed by atoms with Gasteiger partial charge in [-0.2, -0.15) is 4.98 Å². The van der Waals surface area contributed by atoms with Crippen LogP contribution < -0.4 is 21.5 Å². The third kappa shape index (κ3) is 3.61. The number of nitrogens with zero attached hydrogens (tertiary/aromatic N) is 3. The van der Waals surface area contributed by atoms with Crippen LogP contribution in [-0.2, 0) is 0 Å². The minimum Gasteiger partial charge on any atom is -0.495 e. The largest absolute Gasteiger partial charge is 0.495 e. The molecule has 0 radical (unpaired) electrons. The van der Waals surface area contributed by atoms with Crippen molar-refractivity contribution < 1.29 is 9.13 Å². The molecule has 9 heteroatoms. The number of nitrogens with one attached hydrogen (secondary N) is 1. The fourth-order valence-corrected chi connectivity index (χ4v) is 2.63. The number of benzene rings is 1. The van der Waals surface area contributed by atoms with Crippen molar-refractivity contribution in [3.05, 3.63) is 46.9 Å². The number of rotatable bonds is 4. The Morgan fingerprint density at radius 2 is 1.96 bits per heavy atom. The van der Waals surface area contributed by atoms with Gasteiger partial charge < -0.3 is 21.5 Å². The van der Waals surface area contributed by atoms with E-state index in [-0.39, 0.29) is 17.5 Å². The standard InChI is InChI=1S/C16H14BrFN6O/c1-25-11-3-2-8(14-13(18)15(19)24-16(20)23-14)6-10(11)22-9-4-5-21-12(17)7-9/h2-7H,1H3,(H,21,22)(H4,19,20,23,24). The van der Waals surface area contributed by atoms with Gasteiger partial charge in [0.1, 0.15) is 16.0 Å². The fourth-order valence-electron chi connectivity index (χ4n) is 2.26. The molecule has 0 bridgehead atoms. The number of pyridine rings is 1. The summed E-state index contributed by atoms with van der Waals surface area (Å²) in [6.07, 6.45) is 1.65. The molecule has 0 atom stereocenters. The number of aromatic nitrogens is 3. The smallest absolute Gasteiger partial charge is 0.222 e. The van der Waals surface area contributed by atoms with Gasteiger partial charge in [0.25, 0.3) is 0 Å². The number of halogens is 2. The Bertz CT molecular complexity index is 936. The van der Waals surface area contributed by atoms with Crippen LogP contribution in [0.1, 0.15) is 0 Å². The van der Waals surface area contributed by atoms with Gasteiger partial charge in [-0.1, -0.05) is 0 Å². The Kier molecular flexibility index (Phi) is 4.66. The molecule has 5 N–H and O–H groups in total. The number of hydrogen-bond acceptors (Lipinski definition) is 7. The van der Waals surface area contributed by atoms with E-state index in [4.69, 9.17) is 16.2 Å². The van der Waals surface area contributed by atoms with Gasteiger partial charge >= 0.3 is 0 Å². The van der Waals surface area contributed by atoms with Crippen molar-refractivity contribution in [2.75, 3.05) is 23.9 Å². The van der Waals surface area contributed by atoms with Gasteiger partial charge in [0.2, 0.25) is 5.95 Å². The van der Waals surface area contributed by atoms with E-state index in [1.807, 2.05) is 0 Å². The lowest BCUT2D eigenvalue weighted by Crippen LogP contribution is -2.05. The minimum absolute atomic E-state index is 0.0200. The molecule has 1 aromatic carbocycles. The highest BCUT2D eigenvalue weighted by molar-refractivity contribution is 9.10. The van der Waals surface area contributed by atoms with Crippen molar-refractivity contribution >= 4 is 39.1 Å². The Morgan fingerprint density at radius 1 is 1.16 bits per heavy atom. The zero-order valence-electron chi connectivity index (χ0n) is 13.1. The molecule has 0 amide bonds. The summed E-state index contributed by atoms with van der Waals surface area (Å²) in [5.74, 6) is -0.549. The Labute approximate surface area is 151 Å². The Hall–Kier alpha value is -2.94. The summed E-state index contributed by atoms with van der Waals surface area (Å²) in [4.78, 5) is 11.6. The lowest BCUT2D eigenvalue weighted by molar-refractivity contribution is 0.417. The molecule has 3 rings (SSSR count). The predicted molar refractivity (Wildman–Crippen MR) is 98.0 cm³/mol. The molecule has 0 aliphatic carbocycles. The molecule has 2 aromatic heterocycles. The first-order valence-corrected chi connectivity index (χ1v) is 7.92. The van der Waals surface area contributed by atoms with E-state index in [1.54, 1.807) is 43.6 Å². The maximum atomic E-state index is 14.3. The van der Waals surface area contributed by atoms with Gasteiger partial charge in [-0.25, -0.2) is 14.4 Å². The van der Waals surface area contributed by atoms with E-state index in [2.05, 4.69) is 36.2 Å². The van der Waals surface area contributed by atoms with E-state index < -0.39 is 5.82 Å². The van der Waals surface area contributed by atoms with Crippen LogP contribution in [-0.4, -0.2) is 22.1 Å². The summed E-state index contributed by atoms with van der Waals surface area (Å²) < 4.78 is 20.3. The van der Waals surface area contributed by atoms with E-state index in [1.165, 1.54) is 0 Å². The lowest BCUT2D eigenvalue weighted by atomic mass is 10.1. The summed E-state index contributed by atoms with van der Waals surface area (Å²) in [5.41, 5.74) is 13.0. The van der Waals surface area contributed by atoms with Gasteiger partial charge in [-0.05, 0) is 46.3 Å². The zero-order chi connectivity index (χ0) is 18.0. The Balaban J connectivity index is 2.06. The predicted octanol–water partition coefficient (Wildman–Crippen LogP) is 3.36. The second-order valence-electron chi connectivity index (χ2n) is 5.04. The molecule has 25 heavy (non-hydrogen) atoms. The first-order valence-electron chi connectivity index (χ1n) is 7.13. The van der Waals surface area contributed by atoms with Crippen molar-refractivity contribution in [2.24, 2.45) is 0 Å². The maximum absolute atomic E-state index is 14.3. The molecule has 0 fully saturated rings. The first kappa shape index (κ1) is 16.9. The monoisotopic (exact) mass is 404 g/mol. The van der Waals surface area contributed by atoms with Gasteiger partial charge in [0, 0.05) is 17.4 Å². The van der Waals surface area contributed by atoms with Crippen LogP contribution in [0.25, 0.3) is 11.3 Å². The molecule has 0 spiro atoms. The van der Waals surface area contributed by atoms with Crippen molar-refractivity contribution in [3.8, 4) is 17.0 Å². The highest BCUT2D eigenvalue weighted by atomic mass is 79.9. The van der Waals surface area contributed by atoms with Crippen LogP contribution in [0.5, 0.6) is 5.75 Å². The second kappa shape index (κ2) is 6.89. The number of methoxy groups -OCH3 is 1. The molecule has 3 aromatic rings. The maximum Gasteiger partial charge on any atom is 0.222 e. The molecule has 7 nitrogen and oxygen atoms in total. The van der Waals surface area contributed by atoms with Gasteiger partial charge in [0.15, 0.2) is 11.6 Å². The minimum atomic E-state index is -0.725. The van der Waals surface area contributed by atoms with Crippen LogP contribution in [0.15, 0.2) is 41.1 Å². The topological polar surface area (TPSA) is 112 Å². The third-order valence-electron chi connectivity index (χ3n) is 3.37. The van der Waals surface area contributed by atoms with E-state index in [0.29, 0.717) is 21.6 Å². The zero-order valence-corrected chi connectivity index (χ0v) is 14.7. The average Bonchev–Trinajstić information content (AvgIpc) is 2.58. The van der Waals surface area contributed by atoms with Crippen LogP contribution in [0.4, 0.5) is 27.5 Å². The number of anilines is 4. The molecular formula is C16H14BrFN6O. The summed E-state index contributed by atoms with van der Waals surface area (Å²) >= 11 is 3.31. The fraction of sp³-hybridized carbons (Fsp3) is 0.0625. The van der Waals surface area contributed by atoms with E-state index >= 15 is 0 Å². The van der Waals surface area contributed by atoms with Crippen molar-refractivity contribution in [1.82, 2.24) is 15.0 Å². The first-order chi connectivity index (χ1) is 12.0. The molecule has 128 valence electrons. The van der Waals surface area contributed by atoms with Crippen LogP contribution in [0, 0.1) is 5.82 Å². The third-order valence-corrected chi connectivity index (χ3v) is 3.81.